The molecule has 7 nitrogen and oxygen atoms in total. The second-order valence-electron chi connectivity index (χ2n) is 10.8. The average molecular weight is 502 g/mol. The van der Waals surface area contributed by atoms with Gasteiger partial charge in [-0.1, -0.05) is 31.2 Å². The van der Waals surface area contributed by atoms with Crippen molar-refractivity contribution in [1.29, 1.82) is 0 Å². The van der Waals surface area contributed by atoms with Gasteiger partial charge in [0.2, 0.25) is 10.0 Å². The Balaban J connectivity index is 1.78. The van der Waals surface area contributed by atoms with Crippen LogP contribution in [-0.2, 0) is 26.7 Å². The maximum Gasteiger partial charge on any atom is 0.277 e. The SMILES string of the molecule is CC(CNS(=O)(=O)C(C)C)C1CCC(c2ccc(CCNS(=O)(=O)NC(C)(C)C)cc2)CC1. The van der Waals surface area contributed by atoms with Crippen molar-refractivity contribution >= 4 is 20.2 Å². The van der Waals surface area contributed by atoms with E-state index in [0.29, 0.717) is 37.3 Å². The van der Waals surface area contributed by atoms with Crippen LogP contribution in [0.25, 0.3) is 0 Å². The molecule has 1 unspecified atom stereocenters. The maximum absolute atomic E-state index is 12.0. The average Bonchev–Trinajstić information content (AvgIpc) is 2.71. The molecule has 1 aromatic carbocycles. The Labute approximate surface area is 201 Å². The Hall–Kier alpha value is -1.00. The Morgan fingerprint density at radius 1 is 0.909 bits per heavy atom. The second-order valence-corrected chi connectivity index (χ2v) is 14.6. The molecule has 0 amide bonds. The first kappa shape index (κ1) is 28.2. The highest BCUT2D eigenvalue weighted by atomic mass is 32.2. The van der Waals surface area contributed by atoms with Crippen molar-refractivity contribution in [3.8, 4) is 0 Å². The molecule has 190 valence electrons. The molecule has 0 aliphatic heterocycles. The van der Waals surface area contributed by atoms with Crippen LogP contribution in [0.5, 0.6) is 0 Å². The summed E-state index contributed by atoms with van der Waals surface area (Å²) in [7, 11) is -6.71. The molecule has 0 heterocycles. The minimum Gasteiger partial charge on any atom is -0.215 e. The van der Waals surface area contributed by atoms with Crippen LogP contribution in [0, 0.1) is 11.8 Å². The van der Waals surface area contributed by atoms with E-state index < -0.39 is 31.0 Å². The van der Waals surface area contributed by atoms with E-state index in [9.17, 15) is 16.8 Å². The lowest BCUT2D eigenvalue weighted by Crippen LogP contribution is -2.47. The normalized spacial score (nSPS) is 21.3. The zero-order valence-corrected chi connectivity index (χ0v) is 22.7. The maximum atomic E-state index is 12.0. The predicted octanol–water partition coefficient (Wildman–Crippen LogP) is 3.69. The van der Waals surface area contributed by atoms with E-state index in [1.165, 1.54) is 5.56 Å². The van der Waals surface area contributed by atoms with Crippen LogP contribution in [0.2, 0.25) is 0 Å². The van der Waals surface area contributed by atoms with Gasteiger partial charge in [0.25, 0.3) is 10.2 Å². The molecule has 0 bridgehead atoms. The zero-order chi connectivity index (χ0) is 24.9. The van der Waals surface area contributed by atoms with Gasteiger partial charge in [-0.05, 0) is 95.6 Å². The number of rotatable bonds is 11. The van der Waals surface area contributed by atoms with E-state index in [1.54, 1.807) is 13.8 Å². The monoisotopic (exact) mass is 501 g/mol. The summed E-state index contributed by atoms with van der Waals surface area (Å²) in [5.41, 5.74) is 1.93. The Morgan fingerprint density at radius 3 is 2.00 bits per heavy atom. The van der Waals surface area contributed by atoms with Crippen molar-refractivity contribution in [2.24, 2.45) is 11.8 Å². The molecule has 0 aromatic heterocycles. The number of nitrogens with one attached hydrogen (secondary N) is 3. The Morgan fingerprint density at radius 2 is 1.48 bits per heavy atom. The predicted molar refractivity (Wildman–Crippen MR) is 136 cm³/mol. The van der Waals surface area contributed by atoms with Gasteiger partial charge in [-0.3, -0.25) is 0 Å². The summed E-state index contributed by atoms with van der Waals surface area (Å²) in [5.74, 6) is 1.41. The summed E-state index contributed by atoms with van der Waals surface area (Å²) >= 11 is 0. The van der Waals surface area contributed by atoms with Crippen LogP contribution in [0.3, 0.4) is 0 Å². The van der Waals surface area contributed by atoms with Crippen LogP contribution in [-0.4, -0.2) is 40.7 Å². The molecular formula is C24H43N3O4S2. The fourth-order valence-electron chi connectivity index (χ4n) is 4.33. The molecule has 1 saturated carbocycles. The molecule has 3 N–H and O–H groups in total. The Kier molecular flexibility index (Phi) is 9.94. The van der Waals surface area contributed by atoms with Gasteiger partial charge in [-0.25, -0.2) is 17.9 Å². The van der Waals surface area contributed by atoms with E-state index in [4.69, 9.17) is 0 Å². The van der Waals surface area contributed by atoms with Crippen LogP contribution >= 0.6 is 0 Å². The third-order valence-corrected chi connectivity index (χ3v) is 9.68. The van der Waals surface area contributed by atoms with Crippen molar-refractivity contribution in [1.82, 2.24) is 14.2 Å². The first-order valence-corrected chi connectivity index (χ1v) is 15.1. The summed E-state index contributed by atoms with van der Waals surface area (Å²) in [6.07, 6.45) is 5.09. The quantitative estimate of drug-likeness (QED) is 0.430. The lowest BCUT2D eigenvalue weighted by molar-refractivity contribution is 0.246. The van der Waals surface area contributed by atoms with E-state index in [1.807, 2.05) is 20.8 Å². The lowest BCUT2D eigenvalue weighted by Gasteiger charge is -2.32. The number of sulfonamides is 1. The summed E-state index contributed by atoms with van der Waals surface area (Å²) in [6, 6.07) is 8.53. The number of hydrogen-bond acceptors (Lipinski definition) is 4. The molecule has 1 aliphatic rings. The highest BCUT2D eigenvalue weighted by molar-refractivity contribution is 7.90. The molecule has 1 fully saturated rings. The van der Waals surface area contributed by atoms with Gasteiger partial charge in [0.15, 0.2) is 0 Å². The van der Waals surface area contributed by atoms with Gasteiger partial charge in [0.05, 0.1) is 5.25 Å². The van der Waals surface area contributed by atoms with E-state index in [0.717, 1.165) is 31.2 Å². The van der Waals surface area contributed by atoms with Crippen molar-refractivity contribution in [2.45, 2.75) is 90.4 Å². The first-order chi connectivity index (χ1) is 15.2. The fourth-order valence-corrected chi connectivity index (χ4v) is 6.41. The number of hydrogen-bond donors (Lipinski definition) is 3. The van der Waals surface area contributed by atoms with Gasteiger partial charge in [0.1, 0.15) is 0 Å². The van der Waals surface area contributed by atoms with E-state index in [2.05, 4.69) is 45.4 Å². The zero-order valence-electron chi connectivity index (χ0n) is 21.0. The highest BCUT2D eigenvalue weighted by Crippen LogP contribution is 2.38. The molecule has 2 rings (SSSR count). The van der Waals surface area contributed by atoms with Crippen LogP contribution < -0.4 is 14.2 Å². The van der Waals surface area contributed by atoms with Crippen molar-refractivity contribution in [3.63, 3.8) is 0 Å². The first-order valence-electron chi connectivity index (χ1n) is 12.0. The van der Waals surface area contributed by atoms with Crippen LogP contribution in [0.15, 0.2) is 24.3 Å². The Bertz CT molecular complexity index is 944. The van der Waals surface area contributed by atoms with E-state index in [-0.39, 0.29) is 0 Å². The molecular weight excluding hydrogens is 458 g/mol. The molecule has 0 spiro atoms. The van der Waals surface area contributed by atoms with Gasteiger partial charge in [-0.2, -0.15) is 13.1 Å². The largest absolute Gasteiger partial charge is 0.277 e. The molecule has 1 aliphatic carbocycles. The summed E-state index contributed by atoms with van der Waals surface area (Å²) in [6.45, 7) is 11.9. The standard InChI is InChI=1S/C24H43N3O4S2/c1-18(2)32(28,29)26-17-19(3)21-11-13-23(14-12-21)22-9-7-20(8-10-22)15-16-25-33(30,31)27-24(4,5)6/h7-10,18-19,21,23,25-27H,11-17H2,1-6H3. The minimum atomic E-state index is -3.50. The number of benzene rings is 1. The fraction of sp³-hybridized carbons (Fsp3) is 0.750. The van der Waals surface area contributed by atoms with Crippen LogP contribution in [0.4, 0.5) is 0 Å². The van der Waals surface area contributed by atoms with Gasteiger partial charge in [-0.15, -0.1) is 0 Å². The molecule has 33 heavy (non-hydrogen) atoms. The summed E-state index contributed by atoms with van der Waals surface area (Å²) in [5, 5.41) is -0.399. The van der Waals surface area contributed by atoms with Gasteiger partial charge in [0, 0.05) is 18.6 Å². The van der Waals surface area contributed by atoms with Crippen LogP contribution in [0.1, 0.15) is 84.3 Å². The molecule has 1 aromatic rings. The van der Waals surface area contributed by atoms with Crippen molar-refractivity contribution in [3.05, 3.63) is 35.4 Å². The molecule has 0 radical (unpaired) electrons. The molecule has 9 heteroatoms. The van der Waals surface area contributed by atoms with E-state index >= 15 is 0 Å². The van der Waals surface area contributed by atoms with Crippen molar-refractivity contribution < 1.29 is 16.8 Å². The molecule has 0 saturated heterocycles. The second kappa shape index (κ2) is 11.6. The van der Waals surface area contributed by atoms with Gasteiger partial charge >= 0.3 is 0 Å². The minimum absolute atomic E-state index is 0.332. The highest BCUT2D eigenvalue weighted by Gasteiger charge is 2.27. The third-order valence-electron chi connectivity index (χ3n) is 6.40. The topological polar surface area (TPSA) is 104 Å². The van der Waals surface area contributed by atoms with Crippen molar-refractivity contribution in [2.75, 3.05) is 13.1 Å². The molecule has 1 atom stereocenters. The van der Waals surface area contributed by atoms with Gasteiger partial charge < -0.3 is 0 Å². The lowest BCUT2D eigenvalue weighted by atomic mass is 9.74. The summed E-state index contributed by atoms with van der Waals surface area (Å²) in [4.78, 5) is 0. The summed E-state index contributed by atoms with van der Waals surface area (Å²) < 4.78 is 56.0. The third kappa shape index (κ3) is 9.64. The smallest absolute Gasteiger partial charge is 0.215 e.